The van der Waals surface area contributed by atoms with Gasteiger partial charge in [-0.25, -0.2) is 0 Å². The van der Waals surface area contributed by atoms with Gasteiger partial charge in [-0.15, -0.1) is 0 Å². The third-order valence-corrected chi connectivity index (χ3v) is 5.08. The fourth-order valence-electron chi connectivity index (χ4n) is 3.38. The second-order valence-corrected chi connectivity index (χ2v) is 6.18. The molecular formula is C16H32. The predicted octanol–water partition coefficient (Wildman–Crippen LogP) is 5.67. The summed E-state index contributed by atoms with van der Waals surface area (Å²) in [5, 5.41) is 0. The van der Waals surface area contributed by atoms with Gasteiger partial charge in [0, 0.05) is 0 Å². The van der Waals surface area contributed by atoms with Crippen LogP contribution < -0.4 is 0 Å². The van der Waals surface area contributed by atoms with Crippen LogP contribution in [0.2, 0.25) is 0 Å². The summed E-state index contributed by atoms with van der Waals surface area (Å²) in [5.74, 6) is 4.04. The van der Waals surface area contributed by atoms with Gasteiger partial charge in [-0.2, -0.15) is 0 Å². The molecule has 0 N–H and O–H groups in total. The number of unbranched alkanes of at least 4 members (excludes halogenated alkanes) is 1. The summed E-state index contributed by atoms with van der Waals surface area (Å²) in [4.78, 5) is 0. The van der Waals surface area contributed by atoms with Crippen LogP contribution in [0.15, 0.2) is 0 Å². The second-order valence-electron chi connectivity index (χ2n) is 6.18. The molecule has 0 aliphatic heterocycles. The van der Waals surface area contributed by atoms with Crippen molar-refractivity contribution in [3.8, 4) is 0 Å². The Labute approximate surface area is 103 Å². The molecule has 0 nitrogen and oxygen atoms in total. The van der Waals surface area contributed by atoms with E-state index in [1.165, 1.54) is 51.4 Å². The zero-order valence-electron chi connectivity index (χ0n) is 12.0. The van der Waals surface area contributed by atoms with Gasteiger partial charge in [0.15, 0.2) is 0 Å². The molecule has 0 amide bonds. The van der Waals surface area contributed by atoms with E-state index in [4.69, 9.17) is 0 Å². The zero-order chi connectivity index (χ0) is 12.0. The maximum Gasteiger partial charge on any atom is -0.0388 e. The molecule has 0 bridgehead atoms. The highest BCUT2D eigenvalue weighted by molar-refractivity contribution is 4.78. The maximum absolute atomic E-state index is 2.49. The Hall–Kier alpha value is 0. The molecule has 16 heavy (non-hydrogen) atoms. The SMILES string of the molecule is CCCCC(C)C1CCC(C(C)CC)CC1. The Morgan fingerprint density at radius 3 is 1.81 bits per heavy atom. The molecule has 1 rings (SSSR count). The minimum atomic E-state index is 0.965. The summed E-state index contributed by atoms with van der Waals surface area (Å²) in [7, 11) is 0. The van der Waals surface area contributed by atoms with Crippen LogP contribution in [0.4, 0.5) is 0 Å². The van der Waals surface area contributed by atoms with Crippen molar-refractivity contribution in [3.05, 3.63) is 0 Å². The first-order valence-corrected chi connectivity index (χ1v) is 7.69. The molecule has 0 spiro atoms. The van der Waals surface area contributed by atoms with Gasteiger partial charge in [0.1, 0.15) is 0 Å². The molecule has 0 heteroatoms. The van der Waals surface area contributed by atoms with E-state index in [0.29, 0.717) is 0 Å². The monoisotopic (exact) mass is 224 g/mol. The summed E-state index contributed by atoms with van der Waals surface area (Å²) in [6.45, 7) is 9.60. The van der Waals surface area contributed by atoms with Crippen molar-refractivity contribution in [2.24, 2.45) is 23.7 Å². The van der Waals surface area contributed by atoms with Gasteiger partial charge in [0.25, 0.3) is 0 Å². The standard InChI is InChI=1S/C16H32/c1-5-7-8-14(4)16-11-9-15(10-12-16)13(3)6-2/h13-16H,5-12H2,1-4H3. The normalized spacial score (nSPS) is 30.0. The largest absolute Gasteiger partial charge is 0.0654 e. The van der Waals surface area contributed by atoms with Crippen LogP contribution >= 0.6 is 0 Å². The van der Waals surface area contributed by atoms with Gasteiger partial charge in [-0.3, -0.25) is 0 Å². The minimum Gasteiger partial charge on any atom is -0.0654 e. The van der Waals surface area contributed by atoms with E-state index in [9.17, 15) is 0 Å². The third-order valence-electron chi connectivity index (χ3n) is 5.08. The molecule has 1 aliphatic rings. The first-order valence-electron chi connectivity index (χ1n) is 7.69. The minimum absolute atomic E-state index is 0.965. The quantitative estimate of drug-likeness (QED) is 0.545. The van der Waals surface area contributed by atoms with Crippen molar-refractivity contribution in [2.75, 3.05) is 0 Å². The van der Waals surface area contributed by atoms with E-state index in [-0.39, 0.29) is 0 Å². The smallest absolute Gasteiger partial charge is 0.0388 e. The number of rotatable bonds is 6. The maximum atomic E-state index is 2.49. The third kappa shape index (κ3) is 4.11. The van der Waals surface area contributed by atoms with E-state index >= 15 is 0 Å². The first kappa shape index (κ1) is 14.1. The van der Waals surface area contributed by atoms with E-state index < -0.39 is 0 Å². The molecule has 1 fully saturated rings. The molecule has 0 heterocycles. The van der Waals surface area contributed by atoms with Gasteiger partial charge in [0.05, 0.1) is 0 Å². The fraction of sp³-hybridized carbons (Fsp3) is 1.00. The summed E-state index contributed by atoms with van der Waals surface area (Å²) in [5.41, 5.74) is 0. The van der Waals surface area contributed by atoms with Crippen LogP contribution in [0.25, 0.3) is 0 Å². The van der Waals surface area contributed by atoms with Crippen molar-refractivity contribution >= 4 is 0 Å². The van der Waals surface area contributed by atoms with Crippen LogP contribution in [0, 0.1) is 23.7 Å². The van der Waals surface area contributed by atoms with E-state index in [2.05, 4.69) is 27.7 Å². The number of hydrogen-bond acceptors (Lipinski definition) is 0. The van der Waals surface area contributed by atoms with Gasteiger partial charge >= 0.3 is 0 Å². The van der Waals surface area contributed by atoms with E-state index in [1.807, 2.05) is 0 Å². The summed E-state index contributed by atoms with van der Waals surface area (Å²) < 4.78 is 0. The van der Waals surface area contributed by atoms with Gasteiger partial charge in [-0.05, 0) is 49.4 Å². The van der Waals surface area contributed by atoms with Crippen molar-refractivity contribution in [2.45, 2.75) is 79.1 Å². The molecule has 2 atom stereocenters. The van der Waals surface area contributed by atoms with Crippen molar-refractivity contribution in [1.82, 2.24) is 0 Å². The van der Waals surface area contributed by atoms with E-state index in [1.54, 1.807) is 0 Å². The van der Waals surface area contributed by atoms with Crippen LogP contribution in [-0.2, 0) is 0 Å². The van der Waals surface area contributed by atoms with Gasteiger partial charge in [0.2, 0.25) is 0 Å². The van der Waals surface area contributed by atoms with Gasteiger partial charge < -0.3 is 0 Å². The lowest BCUT2D eigenvalue weighted by Crippen LogP contribution is -2.23. The first-order chi connectivity index (χ1) is 7.69. The molecular weight excluding hydrogens is 192 g/mol. The average molecular weight is 224 g/mol. The lowest BCUT2D eigenvalue weighted by molar-refractivity contribution is 0.167. The lowest BCUT2D eigenvalue weighted by atomic mass is 9.71. The molecule has 1 aliphatic carbocycles. The Balaban J connectivity index is 2.25. The molecule has 0 saturated heterocycles. The summed E-state index contributed by atoms with van der Waals surface area (Å²) >= 11 is 0. The molecule has 0 aromatic heterocycles. The van der Waals surface area contributed by atoms with Crippen LogP contribution in [0.1, 0.15) is 79.1 Å². The molecule has 0 radical (unpaired) electrons. The Morgan fingerprint density at radius 2 is 1.38 bits per heavy atom. The van der Waals surface area contributed by atoms with Crippen molar-refractivity contribution < 1.29 is 0 Å². The molecule has 0 aromatic rings. The summed E-state index contributed by atoms with van der Waals surface area (Å²) in [6, 6.07) is 0. The predicted molar refractivity (Wildman–Crippen MR) is 73.6 cm³/mol. The Morgan fingerprint density at radius 1 is 0.875 bits per heavy atom. The Bertz CT molecular complexity index is 165. The fourth-order valence-corrected chi connectivity index (χ4v) is 3.38. The molecule has 0 aromatic carbocycles. The molecule has 2 unspecified atom stereocenters. The topological polar surface area (TPSA) is 0 Å². The van der Waals surface area contributed by atoms with E-state index in [0.717, 1.165) is 23.7 Å². The molecule has 96 valence electrons. The average Bonchev–Trinajstić information content (AvgIpc) is 2.35. The van der Waals surface area contributed by atoms with Crippen LogP contribution in [-0.4, -0.2) is 0 Å². The lowest BCUT2D eigenvalue weighted by Gasteiger charge is -2.35. The van der Waals surface area contributed by atoms with Crippen LogP contribution in [0.3, 0.4) is 0 Å². The molecule has 1 saturated carbocycles. The highest BCUT2D eigenvalue weighted by Gasteiger charge is 2.26. The Kier molecular flexibility index (Phi) is 6.46. The zero-order valence-corrected chi connectivity index (χ0v) is 12.0. The van der Waals surface area contributed by atoms with Crippen molar-refractivity contribution in [3.63, 3.8) is 0 Å². The second kappa shape index (κ2) is 7.35. The summed E-state index contributed by atoms with van der Waals surface area (Å²) in [6.07, 6.45) is 11.7. The van der Waals surface area contributed by atoms with Crippen molar-refractivity contribution in [1.29, 1.82) is 0 Å². The van der Waals surface area contributed by atoms with Gasteiger partial charge in [-0.1, -0.05) is 53.4 Å². The highest BCUT2D eigenvalue weighted by Crippen LogP contribution is 2.38. The highest BCUT2D eigenvalue weighted by atomic mass is 14.3. The van der Waals surface area contributed by atoms with Crippen LogP contribution in [0.5, 0.6) is 0 Å². The number of hydrogen-bond donors (Lipinski definition) is 0.